The lowest BCUT2D eigenvalue weighted by molar-refractivity contribution is 0.0696. The lowest BCUT2D eigenvalue weighted by Gasteiger charge is -2.10. The van der Waals surface area contributed by atoms with Crippen LogP contribution in [0.15, 0.2) is 41.3 Å². The van der Waals surface area contributed by atoms with Gasteiger partial charge in [0.05, 0.1) is 17.1 Å². The van der Waals surface area contributed by atoms with E-state index in [9.17, 15) is 13.2 Å². The van der Waals surface area contributed by atoms with Crippen molar-refractivity contribution in [1.82, 2.24) is 0 Å². The van der Waals surface area contributed by atoms with E-state index in [1.54, 1.807) is 25.1 Å². The number of fused-ring (bicyclic) bond motifs is 1. The molecule has 0 unspecified atom stereocenters. The highest BCUT2D eigenvalue weighted by Crippen LogP contribution is 2.29. The van der Waals surface area contributed by atoms with Crippen LogP contribution in [0, 0.1) is 6.92 Å². The van der Waals surface area contributed by atoms with Crippen molar-refractivity contribution in [2.45, 2.75) is 18.2 Å². The van der Waals surface area contributed by atoms with E-state index in [2.05, 4.69) is 4.72 Å². The van der Waals surface area contributed by atoms with Gasteiger partial charge in [0.25, 0.3) is 10.0 Å². The molecule has 120 valence electrons. The van der Waals surface area contributed by atoms with Gasteiger partial charge < -0.3 is 9.84 Å². The van der Waals surface area contributed by atoms with Crippen molar-refractivity contribution in [3.63, 3.8) is 0 Å². The van der Waals surface area contributed by atoms with Crippen LogP contribution in [0.25, 0.3) is 0 Å². The van der Waals surface area contributed by atoms with Gasteiger partial charge in [-0.15, -0.1) is 0 Å². The van der Waals surface area contributed by atoms with Crippen molar-refractivity contribution in [2.24, 2.45) is 0 Å². The van der Waals surface area contributed by atoms with Crippen molar-refractivity contribution in [1.29, 1.82) is 0 Å². The van der Waals surface area contributed by atoms with E-state index < -0.39 is 16.0 Å². The minimum absolute atomic E-state index is 0.0322. The smallest absolute Gasteiger partial charge is 0.335 e. The van der Waals surface area contributed by atoms with Crippen molar-refractivity contribution in [3.05, 3.63) is 53.1 Å². The highest BCUT2D eigenvalue weighted by molar-refractivity contribution is 7.92. The molecule has 7 heteroatoms. The van der Waals surface area contributed by atoms with Crippen LogP contribution in [0.2, 0.25) is 0 Å². The Kier molecular flexibility index (Phi) is 3.73. The number of carboxylic acid groups (broad SMARTS) is 1. The number of sulfonamides is 1. The summed E-state index contributed by atoms with van der Waals surface area (Å²) in [4.78, 5) is 11.1. The van der Waals surface area contributed by atoms with Gasteiger partial charge >= 0.3 is 5.97 Å². The third-order valence-electron chi connectivity index (χ3n) is 3.69. The third-order valence-corrected chi connectivity index (χ3v) is 5.07. The summed E-state index contributed by atoms with van der Waals surface area (Å²) in [5, 5.41) is 9.12. The number of rotatable bonds is 4. The summed E-state index contributed by atoms with van der Waals surface area (Å²) < 4.78 is 32.8. The Morgan fingerprint density at radius 2 is 2.00 bits per heavy atom. The maximum atomic E-state index is 12.5. The van der Waals surface area contributed by atoms with Crippen LogP contribution < -0.4 is 9.46 Å². The Hall–Kier alpha value is -2.54. The molecule has 0 fully saturated rings. The number of benzene rings is 2. The second-order valence-electron chi connectivity index (χ2n) is 5.31. The first kappa shape index (κ1) is 15.4. The van der Waals surface area contributed by atoms with Gasteiger partial charge in [-0.05, 0) is 48.4 Å². The maximum absolute atomic E-state index is 12.5. The lowest BCUT2D eigenvalue weighted by atomic mass is 10.1. The predicted molar refractivity (Wildman–Crippen MR) is 84.6 cm³/mol. The number of aryl methyl sites for hydroxylation is 1. The van der Waals surface area contributed by atoms with E-state index in [-0.39, 0.29) is 10.5 Å². The van der Waals surface area contributed by atoms with E-state index >= 15 is 0 Å². The number of nitrogens with one attached hydrogen (secondary N) is 1. The molecule has 23 heavy (non-hydrogen) atoms. The Labute approximate surface area is 133 Å². The third kappa shape index (κ3) is 3.00. The number of carboxylic acids is 1. The molecule has 0 saturated heterocycles. The van der Waals surface area contributed by atoms with Gasteiger partial charge in [0, 0.05) is 12.1 Å². The molecule has 2 aromatic rings. The molecular formula is C16H15NO5S. The Morgan fingerprint density at radius 1 is 1.22 bits per heavy atom. The van der Waals surface area contributed by atoms with Gasteiger partial charge in [-0.2, -0.15) is 0 Å². The van der Waals surface area contributed by atoms with E-state index in [1.807, 2.05) is 0 Å². The summed E-state index contributed by atoms with van der Waals surface area (Å²) in [5.41, 5.74) is 1.84. The number of carbonyl (C=O) groups is 1. The highest BCUT2D eigenvalue weighted by Gasteiger charge is 2.19. The van der Waals surface area contributed by atoms with Crippen LogP contribution in [0.4, 0.5) is 5.69 Å². The van der Waals surface area contributed by atoms with Gasteiger partial charge in [0.1, 0.15) is 5.75 Å². The molecule has 2 aromatic carbocycles. The molecule has 0 saturated carbocycles. The minimum atomic E-state index is -3.86. The molecule has 0 atom stereocenters. The molecule has 2 N–H and O–H groups in total. The van der Waals surface area contributed by atoms with E-state index in [1.165, 1.54) is 12.1 Å². The first-order valence-electron chi connectivity index (χ1n) is 6.99. The summed E-state index contributed by atoms with van der Waals surface area (Å²) >= 11 is 0. The summed E-state index contributed by atoms with van der Waals surface area (Å²) in [6, 6.07) is 9.10. The Bertz CT molecular complexity index is 889. The fourth-order valence-electron chi connectivity index (χ4n) is 2.46. The molecule has 0 aliphatic carbocycles. The molecule has 3 rings (SSSR count). The topological polar surface area (TPSA) is 92.7 Å². The van der Waals surface area contributed by atoms with Gasteiger partial charge in [-0.1, -0.05) is 6.07 Å². The maximum Gasteiger partial charge on any atom is 0.335 e. The minimum Gasteiger partial charge on any atom is -0.493 e. The number of hydrogen-bond donors (Lipinski definition) is 2. The quantitative estimate of drug-likeness (QED) is 0.896. The largest absolute Gasteiger partial charge is 0.493 e. The fourth-order valence-corrected chi connectivity index (χ4v) is 3.54. The zero-order valence-electron chi connectivity index (χ0n) is 12.4. The highest BCUT2D eigenvalue weighted by atomic mass is 32.2. The Morgan fingerprint density at radius 3 is 2.74 bits per heavy atom. The van der Waals surface area contributed by atoms with Crippen molar-refractivity contribution < 1.29 is 23.1 Å². The van der Waals surface area contributed by atoms with Crippen LogP contribution in [0.1, 0.15) is 21.5 Å². The average Bonchev–Trinajstić information content (AvgIpc) is 2.94. The predicted octanol–water partition coefficient (Wildman–Crippen LogP) is 2.43. The number of hydrogen-bond acceptors (Lipinski definition) is 4. The van der Waals surface area contributed by atoms with Gasteiger partial charge in [-0.25, -0.2) is 13.2 Å². The molecule has 1 heterocycles. The van der Waals surface area contributed by atoms with E-state index in [4.69, 9.17) is 9.84 Å². The molecule has 1 aliphatic heterocycles. The first-order chi connectivity index (χ1) is 10.9. The van der Waals surface area contributed by atoms with Crippen molar-refractivity contribution in [3.8, 4) is 5.75 Å². The molecule has 0 aromatic heterocycles. The summed E-state index contributed by atoms with van der Waals surface area (Å²) in [6.07, 6.45) is 0.735. The molecule has 0 radical (unpaired) electrons. The lowest BCUT2D eigenvalue weighted by Crippen LogP contribution is -2.14. The normalized spacial score (nSPS) is 13.3. The van der Waals surface area contributed by atoms with E-state index in [0.29, 0.717) is 17.9 Å². The van der Waals surface area contributed by atoms with Crippen molar-refractivity contribution in [2.75, 3.05) is 11.3 Å². The first-order valence-corrected chi connectivity index (χ1v) is 8.47. The SMILES string of the molecule is Cc1ccc(S(=O)(=O)Nc2ccc3c(c2)CCO3)cc1C(=O)O. The average molecular weight is 333 g/mol. The zero-order chi connectivity index (χ0) is 16.6. The summed E-state index contributed by atoms with van der Waals surface area (Å²) in [5.74, 6) is -0.398. The number of anilines is 1. The standard InChI is InChI=1S/C16H15NO5S/c1-10-2-4-13(9-14(10)16(18)19)23(20,21)17-12-3-5-15-11(8-12)6-7-22-15/h2-5,8-9,17H,6-7H2,1H3,(H,18,19). The van der Waals surface area contributed by atoms with Crippen molar-refractivity contribution >= 4 is 21.7 Å². The fraction of sp³-hybridized carbons (Fsp3) is 0.188. The number of ether oxygens (including phenoxy) is 1. The monoisotopic (exact) mass is 333 g/mol. The van der Waals surface area contributed by atoms with Crippen LogP contribution in [-0.2, 0) is 16.4 Å². The Balaban J connectivity index is 1.93. The second-order valence-corrected chi connectivity index (χ2v) is 6.99. The van der Waals surface area contributed by atoms with Crippen LogP contribution in [0.5, 0.6) is 5.75 Å². The van der Waals surface area contributed by atoms with Crippen LogP contribution >= 0.6 is 0 Å². The molecule has 0 spiro atoms. The molecule has 0 bridgehead atoms. The van der Waals surface area contributed by atoms with Gasteiger partial charge in [0.15, 0.2) is 0 Å². The molecule has 6 nitrogen and oxygen atoms in total. The molecule has 1 aliphatic rings. The van der Waals surface area contributed by atoms with Gasteiger partial charge in [-0.3, -0.25) is 4.72 Å². The number of aromatic carboxylic acids is 1. The van der Waals surface area contributed by atoms with E-state index in [0.717, 1.165) is 23.8 Å². The second kappa shape index (κ2) is 5.58. The zero-order valence-corrected chi connectivity index (χ0v) is 13.2. The van der Waals surface area contributed by atoms with Crippen LogP contribution in [0.3, 0.4) is 0 Å². The molecule has 0 amide bonds. The van der Waals surface area contributed by atoms with Crippen LogP contribution in [-0.4, -0.2) is 26.1 Å². The summed E-state index contributed by atoms with van der Waals surface area (Å²) in [6.45, 7) is 2.21. The summed E-state index contributed by atoms with van der Waals surface area (Å²) in [7, 11) is -3.86. The molecular weight excluding hydrogens is 318 g/mol. The van der Waals surface area contributed by atoms with Gasteiger partial charge in [0.2, 0.25) is 0 Å².